The number of rotatable bonds is 6. The third-order valence-electron chi connectivity index (χ3n) is 7.20. The summed E-state index contributed by atoms with van der Waals surface area (Å²) in [7, 11) is 0. The first-order valence-corrected chi connectivity index (χ1v) is 13.0. The van der Waals surface area contributed by atoms with Gasteiger partial charge in [0.05, 0.1) is 17.6 Å². The van der Waals surface area contributed by atoms with Crippen LogP contribution in [0.3, 0.4) is 0 Å². The van der Waals surface area contributed by atoms with Gasteiger partial charge >= 0.3 is 0 Å². The molecule has 0 spiro atoms. The highest BCUT2D eigenvalue weighted by atomic mass is 16.5. The summed E-state index contributed by atoms with van der Waals surface area (Å²) in [6.45, 7) is 7.34. The summed E-state index contributed by atoms with van der Waals surface area (Å²) in [5, 5.41) is 4.65. The first-order chi connectivity index (χ1) is 18.4. The van der Waals surface area contributed by atoms with Crippen LogP contribution in [0, 0.1) is 5.92 Å². The molecule has 0 unspecified atom stereocenters. The molecule has 2 aromatic heterocycles. The number of carbonyl (C=O) groups excluding carboxylic acids is 2. The Hall–Kier alpha value is -4.39. The molecule has 2 aliphatic heterocycles. The molecular weight excluding hydrogens is 476 g/mol. The topological polar surface area (TPSA) is 76.5 Å². The van der Waals surface area contributed by atoms with Crippen molar-refractivity contribution in [3.8, 4) is 5.75 Å². The van der Waals surface area contributed by atoms with Crippen molar-refractivity contribution < 1.29 is 14.3 Å². The number of ether oxygens (including phenoxy) is 1. The molecule has 4 heterocycles. The van der Waals surface area contributed by atoms with Gasteiger partial charge in [0.2, 0.25) is 5.91 Å². The fourth-order valence-corrected chi connectivity index (χ4v) is 5.60. The van der Waals surface area contributed by atoms with Gasteiger partial charge in [0.15, 0.2) is 0 Å². The number of imide groups is 1. The highest BCUT2D eigenvalue weighted by molar-refractivity contribution is 6.11. The van der Waals surface area contributed by atoms with E-state index in [2.05, 4.69) is 41.0 Å². The molecule has 38 heavy (non-hydrogen) atoms. The van der Waals surface area contributed by atoms with Gasteiger partial charge in [-0.05, 0) is 47.4 Å². The second kappa shape index (κ2) is 9.49. The van der Waals surface area contributed by atoms with Gasteiger partial charge in [-0.2, -0.15) is 0 Å². The third kappa shape index (κ3) is 4.14. The monoisotopic (exact) mass is 506 g/mol. The Morgan fingerprint density at radius 1 is 1.16 bits per heavy atom. The summed E-state index contributed by atoms with van der Waals surface area (Å²) >= 11 is 0. The summed E-state index contributed by atoms with van der Waals surface area (Å²) in [5.74, 6) is 0.315. The van der Waals surface area contributed by atoms with Crippen molar-refractivity contribution >= 4 is 28.4 Å². The quantitative estimate of drug-likeness (QED) is 0.375. The van der Waals surface area contributed by atoms with Gasteiger partial charge in [-0.15, -0.1) is 0 Å². The van der Waals surface area contributed by atoms with Crippen LogP contribution in [0.4, 0.5) is 5.69 Å². The van der Waals surface area contributed by atoms with Crippen LogP contribution in [0.5, 0.6) is 5.75 Å². The van der Waals surface area contributed by atoms with Crippen LogP contribution in [-0.2, 0) is 22.7 Å². The maximum atomic E-state index is 13.7. The number of nitrogens with zero attached hydrogens (tertiary/aromatic N) is 3. The van der Waals surface area contributed by atoms with Crippen molar-refractivity contribution in [1.82, 2.24) is 14.5 Å². The normalized spacial score (nSPS) is 16.6. The van der Waals surface area contributed by atoms with Crippen LogP contribution in [0.25, 0.3) is 10.9 Å². The molecule has 0 bridgehead atoms. The second-order valence-corrected chi connectivity index (χ2v) is 10.4. The van der Waals surface area contributed by atoms with Crippen LogP contribution in [0.1, 0.15) is 43.4 Å². The highest BCUT2D eigenvalue weighted by Gasteiger charge is 2.41. The molecule has 0 radical (unpaired) electrons. The molecule has 0 aliphatic carbocycles. The predicted molar refractivity (Wildman–Crippen MR) is 147 cm³/mol. The van der Waals surface area contributed by atoms with Gasteiger partial charge in [0, 0.05) is 60.3 Å². The molecule has 7 nitrogen and oxygen atoms in total. The van der Waals surface area contributed by atoms with Gasteiger partial charge in [-0.1, -0.05) is 38.1 Å². The number of aromatic nitrogens is 2. The minimum Gasteiger partial charge on any atom is -0.489 e. The maximum Gasteiger partial charge on any atom is 0.259 e. The summed E-state index contributed by atoms with van der Waals surface area (Å²) in [4.78, 5) is 31.6. The Balaban J connectivity index is 1.49. The maximum absolute atomic E-state index is 13.7. The van der Waals surface area contributed by atoms with Gasteiger partial charge in [-0.25, -0.2) is 0 Å². The van der Waals surface area contributed by atoms with E-state index < -0.39 is 0 Å². The Bertz CT molecular complexity index is 1590. The van der Waals surface area contributed by atoms with E-state index in [1.165, 1.54) is 11.8 Å². The largest absolute Gasteiger partial charge is 0.489 e. The Morgan fingerprint density at radius 2 is 2.00 bits per heavy atom. The SMILES string of the molecule is CC(=O)N1CC2=C(C1=O)[C@H](c1cccc(OCc3cccnc3)c1)c1cn(CC(C)C)c3cccc(c13)N2. The minimum atomic E-state index is -0.351. The molecule has 1 N–H and O–H groups in total. The lowest BCUT2D eigenvalue weighted by atomic mass is 9.84. The molecule has 192 valence electrons. The molecule has 0 saturated heterocycles. The molecule has 0 saturated carbocycles. The zero-order valence-electron chi connectivity index (χ0n) is 21.8. The molecule has 2 aliphatic rings. The fourth-order valence-electron chi connectivity index (χ4n) is 5.60. The van der Waals surface area contributed by atoms with Crippen molar-refractivity contribution in [1.29, 1.82) is 0 Å². The van der Waals surface area contributed by atoms with E-state index in [0.717, 1.165) is 45.5 Å². The Labute approximate surface area is 221 Å². The lowest BCUT2D eigenvalue weighted by Crippen LogP contribution is -2.33. The minimum absolute atomic E-state index is 0.240. The van der Waals surface area contributed by atoms with Gasteiger partial charge < -0.3 is 14.6 Å². The zero-order valence-corrected chi connectivity index (χ0v) is 21.8. The lowest BCUT2D eigenvalue weighted by Gasteiger charge is -2.20. The van der Waals surface area contributed by atoms with Gasteiger partial charge in [0.25, 0.3) is 5.91 Å². The van der Waals surface area contributed by atoms with Crippen LogP contribution >= 0.6 is 0 Å². The molecule has 6 rings (SSSR count). The molecule has 0 fully saturated rings. The van der Waals surface area contributed by atoms with E-state index in [1.807, 2.05) is 48.5 Å². The standard InChI is InChI=1S/C31H30N4O3/c1-19(2)15-34-16-24-28(22-8-4-9-23(13-22)38-18-21-7-6-12-32-14-21)30-26(17-35(20(3)36)31(30)37)33-25-10-5-11-27(34)29(24)25/h4-14,16,19,28,33H,15,17-18H2,1-3H3/t28-/m1/s1. The number of pyridine rings is 1. The van der Waals surface area contributed by atoms with Crippen molar-refractivity contribution in [2.75, 3.05) is 11.9 Å². The highest BCUT2D eigenvalue weighted by Crippen LogP contribution is 2.47. The molecule has 4 aromatic rings. The van der Waals surface area contributed by atoms with Crippen LogP contribution in [0.15, 0.2) is 84.5 Å². The zero-order chi connectivity index (χ0) is 26.4. The van der Waals surface area contributed by atoms with Crippen molar-refractivity contribution in [3.05, 3.63) is 101 Å². The lowest BCUT2D eigenvalue weighted by molar-refractivity contribution is -0.139. The molecule has 2 amide bonds. The Morgan fingerprint density at radius 3 is 2.76 bits per heavy atom. The van der Waals surface area contributed by atoms with E-state index in [4.69, 9.17) is 4.74 Å². The number of carbonyl (C=O) groups is 2. The van der Waals surface area contributed by atoms with Crippen molar-refractivity contribution in [3.63, 3.8) is 0 Å². The number of hydrogen-bond acceptors (Lipinski definition) is 5. The summed E-state index contributed by atoms with van der Waals surface area (Å²) in [5.41, 5.74) is 6.45. The number of nitrogens with one attached hydrogen (secondary N) is 1. The average molecular weight is 507 g/mol. The number of hydrogen-bond donors (Lipinski definition) is 1. The second-order valence-electron chi connectivity index (χ2n) is 10.4. The molecule has 7 heteroatoms. The summed E-state index contributed by atoms with van der Waals surface area (Å²) < 4.78 is 8.41. The smallest absolute Gasteiger partial charge is 0.259 e. The van der Waals surface area contributed by atoms with Crippen LogP contribution < -0.4 is 10.1 Å². The van der Waals surface area contributed by atoms with E-state index >= 15 is 0 Å². The molecule has 1 atom stereocenters. The van der Waals surface area contributed by atoms with Crippen LogP contribution in [0.2, 0.25) is 0 Å². The van der Waals surface area contributed by atoms with E-state index in [0.29, 0.717) is 23.8 Å². The fraction of sp³-hybridized carbons (Fsp3) is 0.258. The third-order valence-corrected chi connectivity index (χ3v) is 7.20. The van der Waals surface area contributed by atoms with Crippen molar-refractivity contribution in [2.24, 2.45) is 5.92 Å². The number of amides is 2. The van der Waals surface area contributed by atoms with E-state index in [-0.39, 0.29) is 24.3 Å². The summed E-state index contributed by atoms with van der Waals surface area (Å²) in [6.07, 6.45) is 5.71. The molecular formula is C31H30N4O3. The number of anilines is 1. The first kappa shape index (κ1) is 24.0. The molecule has 2 aromatic carbocycles. The average Bonchev–Trinajstić information content (AvgIpc) is 3.37. The summed E-state index contributed by atoms with van der Waals surface area (Å²) in [6, 6.07) is 18.0. The van der Waals surface area contributed by atoms with Gasteiger partial charge in [0.1, 0.15) is 12.4 Å². The van der Waals surface area contributed by atoms with Crippen molar-refractivity contribution in [2.45, 2.75) is 39.8 Å². The van der Waals surface area contributed by atoms with E-state index in [9.17, 15) is 9.59 Å². The van der Waals surface area contributed by atoms with Gasteiger partial charge in [-0.3, -0.25) is 19.5 Å². The Kier molecular flexibility index (Phi) is 5.98. The number of benzene rings is 2. The predicted octanol–water partition coefficient (Wildman–Crippen LogP) is 5.47. The first-order valence-electron chi connectivity index (χ1n) is 13.0. The van der Waals surface area contributed by atoms with E-state index in [1.54, 1.807) is 12.4 Å². The van der Waals surface area contributed by atoms with Crippen LogP contribution in [-0.4, -0.2) is 32.8 Å².